The summed E-state index contributed by atoms with van der Waals surface area (Å²) in [5.41, 5.74) is 4.98. The third kappa shape index (κ3) is 4.57. The minimum absolute atomic E-state index is 0. The van der Waals surface area contributed by atoms with E-state index in [4.69, 9.17) is 0 Å². The molecule has 2 saturated carbocycles. The molecule has 4 atom stereocenters. The van der Waals surface area contributed by atoms with Crippen LogP contribution in [0.15, 0.2) is 23.3 Å². The van der Waals surface area contributed by atoms with Gasteiger partial charge in [-0.1, -0.05) is 0 Å². The molecule has 0 aromatic carbocycles. The van der Waals surface area contributed by atoms with Crippen LogP contribution in [0.1, 0.15) is 91.9 Å². The molecule has 0 aromatic heterocycles. The fraction of sp³-hybridized carbons (Fsp3) is 0.846. The van der Waals surface area contributed by atoms with Gasteiger partial charge in [-0.3, -0.25) is 0 Å². The molecule has 4 rings (SSSR count). The Balaban J connectivity index is 0.00000160. The minimum atomic E-state index is -2.92. The largest absolute Gasteiger partial charge is 0.147 e. The molecule has 174 valence electrons. The van der Waals surface area contributed by atoms with Crippen molar-refractivity contribution < 1.29 is 17.4 Å². The maximum absolute atomic E-state index is 2.92. The molecule has 2 fully saturated rings. The van der Waals surface area contributed by atoms with Gasteiger partial charge in [0.1, 0.15) is 0 Å². The molecule has 4 aliphatic rings. The third-order valence-corrected chi connectivity index (χ3v) is 30.2. The first kappa shape index (κ1) is 27.4. The van der Waals surface area contributed by atoms with Gasteiger partial charge in [-0.25, -0.2) is 0 Å². The molecule has 0 bridgehead atoms. The predicted octanol–water partition coefficient (Wildman–Crippen LogP) is 8.83. The summed E-state index contributed by atoms with van der Waals surface area (Å²) in [7, 11) is 0. The normalized spacial score (nSPS) is 35.4. The summed E-state index contributed by atoms with van der Waals surface area (Å²) in [4.78, 5) is 0. The van der Waals surface area contributed by atoms with E-state index in [1.54, 1.807) is 0 Å². The molecule has 4 aliphatic carbocycles. The molecule has 0 N–H and O–H groups in total. The molecule has 0 nitrogen and oxygen atoms in total. The summed E-state index contributed by atoms with van der Waals surface area (Å²) in [6, 6.07) is 0. The SMILES string of the molecule is CC1(C)CCCC=C2C1CC[CH]2[Zr]([CH3])([CH3])(=[SiH2])[CH]1CCC2C1=CCCCC2(C)C.Cl.Cl. The van der Waals surface area contributed by atoms with Gasteiger partial charge in [0.25, 0.3) is 0 Å². The number of hydrogen-bond donors (Lipinski definition) is 0. The van der Waals surface area contributed by atoms with Crippen LogP contribution in [0.3, 0.4) is 0 Å². The summed E-state index contributed by atoms with van der Waals surface area (Å²) in [6.07, 6.45) is 19.9. The molecule has 0 aromatic rings. The Labute approximate surface area is 202 Å². The Morgan fingerprint density at radius 2 is 1.10 bits per heavy atom. The van der Waals surface area contributed by atoms with Crippen molar-refractivity contribution in [1.29, 1.82) is 0 Å². The van der Waals surface area contributed by atoms with E-state index in [0.717, 1.165) is 19.1 Å². The molecule has 0 spiro atoms. The van der Waals surface area contributed by atoms with Crippen molar-refractivity contribution in [3.8, 4) is 0 Å². The monoisotopic (exact) mass is 548 g/mol. The van der Waals surface area contributed by atoms with E-state index in [2.05, 4.69) is 56.0 Å². The van der Waals surface area contributed by atoms with Crippen molar-refractivity contribution in [3.63, 3.8) is 0 Å². The van der Waals surface area contributed by atoms with E-state index in [1.165, 1.54) is 64.2 Å². The number of hydrogen-bond acceptors (Lipinski definition) is 0. The van der Waals surface area contributed by atoms with Crippen LogP contribution in [0.25, 0.3) is 0 Å². The van der Waals surface area contributed by atoms with Crippen LogP contribution in [-0.2, 0) is 17.4 Å². The van der Waals surface area contributed by atoms with Crippen molar-refractivity contribution in [1.82, 2.24) is 0 Å². The fourth-order valence-corrected chi connectivity index (χ4v) is 27.2. The third-order valence-electron chi connectivity index (χ3n) is 10.1. The number of fused-ring (bicyclic) bond motifs is 2. The Hall–Kier alpha value is 1.16. The smallest absolute Gasteiger partial charge is 0.147 e. The van der Waals surface area contributed by atoms with Gasteiger partial charge in [0.15, 0.2) is 0 Å². The summed E-state index contributed by atoms with van der Waals surface area (Å²) >= 11 is -2.92. The van der Waals surface area contributed by atoms with Crippen molar-refractivity contribution in [3.05, 3.63) is 23.3 Å². The van der Waals surface area contributed by atoms with Gasteiger partial charge in [0, 0.05) is 0 Å². The van der Waals surface area contributed by atoms with Crippen molar-refractivity contribution >= 4 is 31.7 Å². The van der Waals surface area contributed by atoms with Gasteiger partial charge in [-0.2, -0.15) is 0 Å². The molecular formula is C26H48Cl2SiZr. The van der Waals surface area contributed by atoms with Crippen LogP contribution in [0.5, 0.6) is 0 Å². The van der Waals surface area contributed by atoms with E-state index in [0.29, 0.717) is 10.8 Å². The Morgan fingerprint density at radius 1 is 0.733 bits per heavy atom. The first-order valence-corrected chi connectivity index (χ1v) is 26.1. The Morgan fingerprint density at radius 3 is 1.47 bits per heavy atom. The molecule has 0 saturated heterocycles. The predicted molar refractivity (Wildman–Crippen MR) is 139 cm³/mol. The maximum atomic E-state index is 2.89. The van der Waals surface area contributed by atoms with E-state index in [9.17, 15) is 0 Å². The standard InChI is InChI=1S/2C12H19.2CH3.2ClH.H2Si.Zr/c2*1-12(2)9-4-3-6-10-7-5-8-11(10)12;;;;;;/h2*6-7,11H,3-5,8-9H2,1-2H3;2*1H3;2*1H;1H2;. The zero-order chi connectivity index (χ0) is 20.4. The topological polar surface area (TPSA) is 0 Å². The zero-order valence-electron chi connectivity index (χ0n) is 20.6. The molecule has 4 unspecified atom stereocenters. The zero-order valence-corrected chi connectivity index (χ0v) is 26.1. The second-order valence-electron chi connectivity index (χ2n) is 13.5. The molecule has 0 amide bonds. The molecule has 30 heavy (non-hydrogen) atoms. The molecule has 0 aliphatic heterocycles. The second-order valence-corrected chi connectivity index (χ2v) is 44.5. The quantitative estimate of drug-likeness (QED) is 0.238. The van der Waals surface area contributed by atoms with Crippen LogP contribution < -0.4 is 0 Å². The molecule has 0 heterocycles. The van der Waals surface area contributed by atoms with Gasteiger partial charge >= 0.3 is 179 Å². The summed E-state index contributed by atoms with van der Waals surface area (Å²) in [5.74, 6) is 1.77. The van der Waals surface area contributed by atoms with Crippen LogP contribution in [0.2, 0.25) is 16.5 Å². The van der Waals surface area contributed by atoms with Gasteiger partial charge in [0.2, 0.25) is 0 Å². The van der Waals surface area contributed by atoms with E-state index in [-0.39, 0.29) is 24.8 Å². The summed E-state index contributed by atoms with van der Waals surface area (Å²) in [5, 5.41) is 0. The van der Waals surface area contributed by atoms with E-state index in [1.807, 2.05) is 11.1 Å². The number of allylic oxidation sites excluding steroid dienone is 4. The molecule has 0 radical (unpaired) electrons. The van der Waals surface area contributed by atoms with Crippen LogP contribution in [0, 0.1) is 22.7 Å². The van der Waals surface area contributed by atoms with Gasteiger partial charge in [-0.15, -0.1) is 24.8 Å². The minimum Gasteiger partial charge on any atom is -0.147 e. The average Bonchev–Trinajstić information content (AvgIpc) is 3.15. The maximum Gasteiger partial charge on any atom is -0.147 e. The van der Waals surface area contributed by atoms with Gasteiger partial charge in [0.05, 0.1) is 0 Å². The van der Waals surface area contributed by atoms with Crippen molar-refractivity contribution in [2.24, 2.45) is 22.7 Å². The Kier molecular flexibility index (Phi) is 8.29. The second kappa shape index (κ2) is 9.07. The number of halogens is 2. The first-order valence-electron chi connectivity index (χ1n) is 12.4. The van der Waals surface area contributed by atoms with E-state index >= 15 is 0 Å². The van der Waals surface area contributed by atoms with Crippen LogP contribution >= 0.6 is 24.8 Å². The van der Waals surface area contributed by atoms with Gasteiger partial charge in [-0.05, 0) is 0 Å². The Bertz CT molecular complexity index is 712. The van der Waals surface area contributed by atoms with Crippen LogP contribution in [0.4, 0.5) is 0 Å². The van der Waals surface area contributed by atoms with Crippen LogP contribution in [-0.4, -0.2) is 6.88 Å². The van der Waals surface area contributed by atoms with Crippen molar-refractivity contribution in [2.75, 3.05) is 0 Å². The molecular weight excluding hydrogens is 503 g/mol. The number of rotatable bonds is 2. The first-order chi connectivity index (χ1) is 12.9. The van der Waals surface area contributed by atoms with Gasteiger partial charge < -0.3 is 0 Å². The average molecular weight is 551 g/mol. The van der Waals surface area contributed by atoms with E-state index < -0.39 is 17.4 Å². The fourth-order valence-electron chi connectivity index (χ4n) is 8.36. The summed E-state index contributed by atoms with van der Waals surface area (Å²) < 4.78 is 7.74. The summed E-state index contributed by atoms with van der Waals surface area (Å²) in [6.45, 7) is 12.9. The van der Waals surface area contributed by atoms with Crippen molar-refractivity contribution in [2.45, 2.75) is 108 Å². The molecule has 4 heteroatoms.